The minimum atomic E-state index is 0.397. The predicted octanol–water partition coefficient (Wildman–Crippen LogP) is 1.62. The fourth-order valence-electron chi connectivity index (χ4n) is 3.35. The molecule has 0 radical (unpaired) electrons. The Morgan fingerprint density at radius 1 is 1.31 bits per heavy atom. The van der Waals surface area contributed by atoms with Gasteiger partial charge in [-0.3, -0.25) is 9.89 Å². The standard InChI is InChI=1S/C19H29N7/c1-14(16-8-6-5-7-9-16)26-11-10-17(13-26)22-19(20-3)21-12-18-24-23-15(2)25(18)4/h5-9,14,17H,10-13H2,1-4H3,(H2,20,21,22). The zero-order valence-corrected chi connectivity index (χ0v) is 16.1. The summed E-state index contributed by atoms with van der Waals surface area (Å²) in [6, 6.07) is 11.5. The Kier molecular flexibility index (Phi) is 5.88. The molecule has 7 nitrogen and oxygen atoms in total. The van der Waals surface area contributed by atoms with Crippen molar-refractivity contribution in [2.45, 2.75) is 38.9 Å². The second-order valence-electron chi connectivity index (χ2n) is 6.86. The molecule has 2 aromatic rings. The van der Waals surface area contributed by atoms with Crippen LogP contribution in [0.2, 0.25) is 0 Å². The number of likely N-dealkylation sites (tertiary alicyclic amines) is 1. The Balaban J connectivity index is 1.51. The van der Waals surface area contributed by atoms with E-state index >= 15 is 0 Å². The molecule has 1 saturated heterocycles. The minimum Gasteiger partial charge on any atom is -0.352 e. The van der Waals surface area contributed by atoms with E-state index in [4.69, 9.17) is 0 Å². The molecule has 0 aliphatic carbocycles. The van der Waals surface area contributed by atoms with Gasteiger partial charge in [0, 0.05) is 39.3 Å². The van der Waals surface area contributed by atoms with Crippen LogP contribution in [-0.2, 0) is 13.6 Å². The van der Waals surface area contributed by atoms with E-state index in [9.17, 15) is 0 Å². The topological polar surface area (TPSA) is 70.4 Å². The largest absolute Gasteiger partial charge is 0.352 e. The Morgan fingerprint density at radius 3 is 2.73 bits per heavy atom. The summed E-state index contributed by atoms with van der Waals surface area (Å²) in [5.41, 5.74) is 1.37. The molecule has 1 fully saturated rings. The van der Waals surface area contributed by atoms with Crippen molar-refractivity contribution in [1.82, 2.24) is 30.3 Å². The summed E-state index contributed by atoms with van der Waals surface area (Å²) in [5, 5.41) is 15.1. The zero-order chi connectivity index (χ0) is 18.5. The first-order chi connectivity index (χ1) is 12.6. The van der Waals surface area contributed by atoms with Gasteiger partial charge in [-0.2, -0.15) is 0 Å². The van der Waals surface area contributed by atoms with E-state index in [-0.39, 0.29) is 0 Å². The van der Waals surface area contributed by atoms with E-state index in [1.807, 2.05) is 18.5 Å². The van der Waals surface area contributed by atoms with Crippen LogP contribution in [0.25, 0.3) is 0 Å². The van der Waals surface area contributed by atoms with Gasteiger partial charge in [0.05, 0.1) is 6.54 Å². The molecule has 1 aromatic carbocycles. The highest BCUT2D eigenvalue weighted by atomic mass is 15.3. The summed E-state index contributed by atoms with van der Waals surface area (Å²) in [4.78, 5) is 6.87. The van der Waals surface area contributed by atoms with Crippen molar-refractivity contribution >= 4 is 5.96 Å². The molecule has 3 rings (SSSR count). The average molecular weight is 355 g/mol. The fourth-order valence-corrected chi connectivity index (χ4v) is 3.35. The van der Waals surface area contributed by atoms with E-state index in [1.165, 1.54) is 5.56 Å². The molecule has 1 aliphatic rings. The van der Waals surface area contributed by atoms with Crippen molar-refractivity contribution < 1.29 is 0 Å². The molecule has 7 heteroatoms. The van der Waals surface area contributed by atoms with Crippen LogP contribution in [0.5, 0.6) is 0 Å². The first kappa shape index (κ1) is 18.4. The second kappa shape index (κ2) is 8.31. The molecule has 0 amide bonds. The lowest BCUT2D eigenvalue weighted by Crippen LogP contribution is -2.44. The number of hydrogen-bond acceptors (Lipinski definition) is 4. The highest BCUT2D eigenvalue weighted by molar-refractivity contribution is 5.79. The van der Waals surface area contributed by atoms with Crippen molar-refractivity contribution in [3.05, 3.63) is 47.5 Å². The van der Waals surface area contributed by atoms with Gasteiger partial charge in [0.2, 0.25) is 0 Å². The molecule has 1 aliphatic heterocycles. The van der Waals surface area contributed by atoms with Crippen molar-refractivity contribution in [3.63, 3.8) is 0 Å². The molecular formula is C19H29N7. The van der Waals surface area contributed by atoms with Gasteiger partial charge < -0.3 is 15.2 Å². The third kappa shape index (κ3) is 4.22. The molecule has 2 N–H and O–H groups in total. The lowest BCUT2D eigenvalue weighted by atomic mass is 10.1. The highest BCUT2D eigenvalue weighted by Gasteiger charge is 2.27. The molecular weight excluding hydrogens is 326 g/mol. The third-order valence-electron chi connectivity index (χ3n) is 5.21. The van der Waals surface area contributed by atoms with E-state index in [0.29, 0.717) is 18.6 Å². The van der Waals surface area contributed by atoms with E-state index in [1.54, 1.807) is 7.05 Å². The number of benzene rings is 1. The lowest BCUT2D eigenvalue weighted by molar-refractivity contribution is 0.258. The highest BCUT2D eigenvalue weighted by Crippen LogP contribution is 2.24. The number of guanidine groups is 1. The van der Waals surface area contributed by atoms with E-state index < -0.39 is 0 Å². The van der Waals surface area contributed by atoms with Gasteiger partial charge in [-0.05, 0) is 25.8 Å². The monoisotopic (exact) mass is 355 g/mol. The van der Waals surface area contributed by atoms with Crippen molar-refractivity contribution in [2.24, 2.45) is 12.0 Å². The Morgan fingerprint density at radius 2 is 2.08 bits per heavy atom. The molecule has 0 bridgehead atoms. The first-order valence-corrected chi connectivity index (χ1v) is 9.19. The van der Waals surface area contributed by atoms with Gasteiger partial charge in [0.15, 0.2) is 11.8 Å². The second-order valence-corrected chi connectivity index (χ2v) is 6.86. The summed E-state index contributed by atoms with van der Waals surface area (Å²) in [6.07, 6.45) is 1.11. The first-order valence-electron chi connectivity index (χ1n) is 9.19. The predicted molar refractivity (Wildman–Crippen MR) is 104 cm³/mol. The smallest absolute Gasteiger partial charge is 0.191 e. The van der Waals surface area contributed by atoms with Crippen LogP contribution in [0.15, 0.2) is 35.3 Å². The van der Waals surface area contributed by atoms with Gasteiger partial charge in [-0.25, -0.2) is 0 Å². The van der Waals surface area contributed by atoms with Crippen molar-refractivity contribution in [1.29, 1.82) is 0 Å². The number of rotatable bonds is 5. The van der Waals surface area contributed by atoms with Crippen LogP contribution in [0.4, 0.5) is 0 Å². The number of nitrogens with one attached hydrogen (secondary N) is 2. The summed E-state index contributed by atoms with van der Waals surface area (Å²) in [5.74, 6) is 2.62. The van der Waals surface area contributed by atoms with Gasteiger partial charge in [-0.1, -0.05) is 30.3 Å². The Hall–Kier alpha value is -2.41. The van der Waals surface area contributed by atoms with E-state index in [2.05, 4.69) is 68.0 Å². The SMILES string of the molecule is CN=C(NCc1nnc(C)n1C)NC1CCN(C(C)c2ccccc2)C1. The van der Waals surface area contributed by atoms with Gasteiger partial charge >= 0.3 is 0 Å². The van der Waals surface area contributed by atoms with Crippen LogP contribution in [0, 0.1) is 6.92 Å². The maximum absolute atomic E-state index is 4.35. The van der Waals surface area contributed by atoms with Crippen molar-refractivity contribution in [3.8, 4) is 0 Å². The number of aromatic nitrogens is 3. The molecule has 2 atom stereocenters. The summed E-state index contributed by atoms with van der Waals surface area (Å²) in [6.45, 7) is 6.94. The molecule has 0 spiro atoms. The quantitative estimate of drug-likeness (QED) is 0.630. The molecule has 2 unspecified atom stereocenters. The van der Waals surface area contributed by atoms with Crippen LogP contribution < -0.4 is 10.6 Å². The van der Waals surface area contributed by atoms with Crippen LogP contribution in [0.1, 0.15) is 36.6 Å². The lowest BCUT2D eigenvalue weighted by Gasteiger charge is -2.25. The normalized spacial score (nSPS) is 19.5. The van der Waals surface area contributed by atoms with Gasteiger partial charge in [0.1, 0.15) is 5.82 Å². The van der Waals surface area contributed by atoms with Crippen molar-refractivity contribution in [2.75, 3.05) is 20.1 Å². The average Bonchev–Trinajstić information content (AvgIpc) is 3.26. The Bertz CT molecular complexity index is 738. The van der Waals surface area contributed by atoms with Crippen LogP contribution in [-0.4, -0.2) is 51.8 Å². The molecule has 0 saturated carbocycles. The van der Waals surface area contributed by atoms with E-state index in [0.717, 1.165) is 37.1 Å². The number of aryl methyl sites for hydroxylation is 1. The summed E-state index contributed by atoms with van der Waals surface area (Å²) in [7, 11) is 3.78. The minimum absolute atomic E-state index is 0.397. The Labute approximate surface area is 155 Å². The maximum Gasteiger partial charge on any atom is 0.191 e. The van der Waals surface area contributed by atoms with Crippen LogP contribution in [0.3, 0.4) is 0 Å². The fraction of sp³-hybridized carbons (Fsp3) is 0.526. The number of nitrogens with zero attached hydrogens (tertiary/aromatic N) is 5. The summed E-state index contributed by atoms with van der Waals surface area (Å²) >= 11 is 0. The number of hydrogen-bond donors (Lipinski definition) is 2. The molecule has 140 valence electrons. The molecule has 26 heavy (non-hydrogen) atoms. The zero-order valence-electron chi connectivity index (χ0n) is 16.1. The number of aliphatic imine (C=N–C) groups is 1. The maximum atomic E-state index is 4.35. The van der Waals surface area contributed by atoms with Gasteiger partial charge in [-0.15, -0.1) is 10.2 Å². The third-order valence-corrected chi connectivity index (χ3v) is 5.21. The van der Waals surface area contributed by atoms with Crippen LogP contribution >= 0.6 is 0 Å². The summed E-state index contributed by atoms with van der Waals surface area (Å²) < 4.78 is 1.99. The van der Waals surface area contributed by atoms with Gasteiger partial charge in [0.25, 0.3) is 0 Å². The molecule has 2 heterocycles. The molecule has 1 aromatic heterocycles.